The van der Waals surface area contributed by atoms with Crippen LogP contribution in [-0.4, -0.2) is 50.0 Å². The summed E-state index contributed by atoms with van der Waals surface area (Å²) in [5.41, 5.74) is -0.0287. The molecule has 1 saturated heterocycles. The Kier molecular flexibility index (Phi) is 3.81. The fraction of sp³-hybridized carbons (Fsp3) is 0.333. The summed E-state index contributed by atoms with van der Waals surface area (Å²) in [4.78, 5) is 25.2. The highest BCUT2D eigenvalue weighted by molar-refractivity contribution is 6.30. The molecule has 0 aliphatic carbocycles. The van der Waals surface area contributed by atoms with Gasteiger partial charge >= 0.3 is 5.97 Å². The number of amides is 1. The number of benzene rings is 1. The zero-order valence-corrected chi connectivity index (χ0v) is 13.2. The van der Waals surface area contributed by atoms with Crippen molar-refractivity contribution in [1.82, 2.24) is 19.9 Å². The van der Waals surface area contributed by atoms with Gasteiger partial charge in [-0.15, -0.1) is 5.10 Å². The molecule has 1 aliphatic heterocycles. The lowest BCUT2D eigenvalue weighted by Crippen LogP contribution is -2.35. The number of nitrogens with zero attached hydrogens (tertiary/aromatic N) is 4. The number of aliphatic carboxylic acids is 1. The molecule has 120 valence electrons. The highest BCUT2D eigenvalue weighted by atomic mass is 35.5. The van der Waals surface area contributed by atoms with Crippen molar-refractivity contribution in [3.63, 3.8) is 0 Å². The summed E-state index contributed by atoms with van der Waals surface area (Å²) >= 11 is 5.94. The molecule has 7 nitrogen and oxygen atoms in total. The topological polar surface area (TPSA) is 88.3 Å². The van der Waals surface area contributed by atoms with Crippen molar-refractivity contribution < 1.29 is 14.7 Å². The van der Waals surface area contributed by atoms with E-state index in [1.54, 1.807) is 31.2 Å². The van der Waals surface area contributed by atoms with Crippen LogP contribution in [0.4, 0.5) is 0 Å². The predicted octanol–water partition coefficient (Wildman–Crippen LogP) is 1.86. The Labute approximate surface area is 137 Å². The molecule has 8 heteroatoms. The molecule has 1 fully saturated rings. The first-order chi connectivity index (χ1) is 10.9. The van der Waals surface area contributed by atoms with Gasteiger partial charge in [0, 0.05) is 18.1 Å². The summed E-state index contributed by atoms with van der Waals surface area (Å²) in [7, 11) is 0. The number of aromatic nitrogens is 3. The van der Waals surface area contributed by atoms with E-state index in [-0.39, 0.29) is 18.1 Å². The second-order valence-corrected chi connectivity index (χ2v) is 6.31. The molecule has 1 amide bonds. The maximum absolute atomic E-state index is 12.5. The highest BCUT2D eigenvalue weighted by Crippen LogP contribution is 2.30. The molecule has 1 aliphatic rings. The van der Waals surface area contributed by atoms with Crippen LogP contribution in [0.5, 0.6) is 0 Å². The quantitative estimate of drug-likeness (QED) is 0.925. The molecule has 1 atom stereocenters. The van der Waals surface area contributed by atoms with Crippen molar-refractivity contribution in [2.45, 2.75) is 13.3 Å². The lowest BCUT2D eigenvalue weighted by molar-refractivity contribution is -0.147. The number of carbonyl (C=O) groups excluding carboxylic acids is 1. The molecule has 23 heavy (non-hydrogen) atoms. The fourth-order valence-electron chi connectivity index (χ4n) is 2.58. The van der Waals surface area contributed by atoms with Crippen molar-refractivity contribution in [3.8, 4) is 5.69 Å². The summed E-state index contributed by atoms with van der Waals surface area (Å²) in [6.07, 6.45) is 1.95. The van der Waals surface area contributed by atoms with Gasteiger partial charge in [-0.05, 0) is 31.5 Å². The second-order valence-electron chi connectivity index (χ2n) is 5.87. The van der Waals surface area contributed by atoms with Crippen LogP contribution in [0.25, 0.3) is 5.69 Å². The largest absolute Gasteiger partial charge is 0.481 e. The van der Waals surface area contributed by atoms with E-state index in [1.807, 2.05) is 0 Å². The van der Waals surface area contributed by atoms with Crippen molar-refractivity contribution in [1.29, 1.82) is 0 Å². The first-order valence-corrected chi connectivity index (χ1v) is 7.48. The lowest BCUT2D eigenvalue weighted by Gasteiger charge is -2.19. The first-order valence-electron chi connectivity index (χ1n) is 7.10. The Bertz CT molecular complexity index is 776. The minimum atomic E-state index is -0.904. The number of likely N-dealkylation sites (tertiary alicyclic amines) is 1. The van der Waals surface area contributed by atoms with Crippen molar-refractivity contribution in [2.75, 3.05) is 13.1 Å². The number of carbonyl (C=O) groups is 2. The molecule has 1 unspecified atom stereocenters. The molecule has 2 aromatic rings. The second kappa shape index (κ2) is 5.66. The SMILES string of the molecule is CC1(C(=O)O)CCN(C(=O)c2cn(-c3cccc(Cl)c3)nn2)C1. The van der Waals surface area contributed by atoms with Crippen LogP contribution in [0.2, 0.25) is 5.02 Å². The Morgan fingerprint density at radius 1 is 1.39 bits per heavy atom. The predicted molar refractivity (Wildman–Crippen MR) is 82.6 cm³/mol. The smallest absolute Gasteiger partial charge is 0.311 e. The van der Waals surface area contributed by atoms with Crippen molar-refractivity contribution >= 4 is 23.5 Å². The van der Waals surface area contributed by atoms with Gasteiger partial charge in [0.15, 0.2) is 5.69 Å². The van der Waals surface area contributed by atoms with Crippen LogP contribution in [0.1, 0.15) is 23.8 Å². The molecular formula is C15H15ClN4O3. The fourth-order valence-corrected chi connectivity index (χ4v) is 2.76. The van der Waals surface area contributed by atoms with Crippen LogP contribution in [0, 0.1) is 5.41 Å². The maximum Gasteiger partial charge on any atom is 0.311 e. The molecule has 1 N–H and O–H groups in total. The van der Waals surface area contributed by atoms with Gasteiger partial charge in [0.05, 0.1) is 17.3 Å². The average Bonchev–Trinajstić information content (AvgIpc) is 3.14. The van der Waals surface area contributed by atoms with Crippen molar-refractivity contribution in [3.05, 3.63) is 41.2 Å². The van der Waals surface area contributed by atoms with Gasteiger partial charge in [0.25, 0.3) is 5.91 Å². The van der Waals surface area contributed by atoms with E-state index in [4.69, 9.17) is 11.6 Å². The summed E-state index contributed by atoms with van der Waals surface area (Å²) < 4.78 is 1.46. The number of rotatable bonds is 3. The number of carboxylic acid groups (broad SMARTS) is 1. The number of carboxylic acids is 1. The monoisotopic (exact) mass is 334 g/mol. The van der Waals surface area contributed by atoms with E-state index in [0.29, 0.717) is 23.7 Å². The molecule has 0 radical (unpaired) electrons. The molecule has 0 saturated carbocycles. The Balaban J connectivity index is 1.79. The zero-order valence-electron chi connectivity index (χ0n) is 12.4. The standard InChI is InChI=1S/C15H15ClN4O3/c1-15(14(22)23)5-6-19(9-15)13(21)12-8-20(18-17-12)11-4-2-3-10(16)7-11/h2-4,7-8H,5-6,9H2,1H3,(H,22,23). The number of halogens is 1. The van der Waals surface area contributed by atoms with Gasteiger partial charge in [0.1, 0.15) is 0 Å². The third-order valence-electron chi connectivity index (χ3n) is 4.06. The molecule has 2 heterocycles. The minimum Gasteiger partial charge on any atom is -0.481 e. The van der Waals surface area contributed by atoms with Crippen LogP contribution >= 0.6 is 11.6 Å². The molecule has 3 rings (SSSR count). The highest BCUT2D eigenvalue weighted by Gasteiger charge is 2.42. The van der Waals surface area contributed by atoms with Crippen LogP contribution in [0.15, 0.2) is 30.5 Å². The van der Waals surface area contributed by atoms with Crippen molar-refractivity contribution in [2.24, 2.45) is 5.41 Å². The summed E-state index contributed by atoms with van der Waals surface area (Å²) in [6, 6.07) is 7.03. The summed E-state index contributed by atoms with van der Waals surface area (Å²) in [5.74, 6) is -1.21. The molecular weight excluding hydrogens is 320 g/mol. The zero-order chi connectivity index (χ0) is 16.6. The van der Waals surface area contributed by atoms with Gasteiger partial charge in [-0.2, -0.15) is 0 Å². The first kappa shape index (κ1) is 15.5. The van der Waals surface area contributed by atoms with E-state index in [0.717, 1.165) is 0 Å². The van der Waals surface area contributed by atoms with E-state index >= 15 is 0 Å². The van der Waals surface area contributed by atoms with Gasteiger partial charge in [-0.1, -0.05) is 22.9 Å². The van der Waals surface area contributed by atoms with E-state index in [2.05, 4.69) is 10.3 Å². The third-order valence-corrected chi connectivity index (χ3v) is 4.30. The van der Waals surface area contributed by atoms with Crippen LogP contribution < -0.4 is 0 Å². The molecule has 1 aromatic heterocycles. The third kappa shape index (κ3) is 2.92. The molecule has 0 spiro atoms. The average molecular weight is 335 g/mol. The van der Waals surface area contributed by atoms with Crippen LogP contribution in [0.3, 0.4) is 0 Å². The number of hydrogen-bond donors (Lipinski definition) is 1. The lowest BCUT2D eigenvalue weighted by atomic mass is 9.90. The van der Waals surface area contributed by atoms with Crippen LogP contribution in [-0.2, 0) is 4.79 Å². The van der Waals surface area contributed by atoms with Gasteiger partial charge in [-0.3, -0.25) is 9.59 Å². The summed E-state index contributed by atoms with van der Waals surface area (Å²) in [6.45, 7) is 2.21. The number of hydrogen-bond acceptors (Lipinski definition) is 4. The van der Waals surface area contributed by atoms with Gasteiger partial charge < -0.3 is 10.0 Å². The van der Waals surface area contributed by atoms with E-state index in [9.17, 15) is 14.7 Å². The van der Waals surface area contributed by atoms with E-state index in [1.165, 1.54) is 15.8 Å². The van der Waals surface area contributed by atoms with E-state index < -0.39 is 11.4 Å². The Morgan fingerprint density at radius 2 is 2.17 bits per heavy atom. The molecule has 0 bridgehead atoms. The van der Waals surface area contributed by atoms with Gasteiger partial charge in [0.2, 0.25) is 0 Å². The summed E-state index contributed by atoms with van der Waals surface area (Å²) in [5, 5.41) is 17.6. The normalized spacial score (nSPS) is 20.7. The minimum absolute atomic E-state index is 0.172. The maximum atomic E-state index is 12.5. The van der Waals surface area contributed by atoms with Gasteiger partial charge in [-0.25, -0.2) is 4.68 Å². The Morgan fingerprint density at radius 3 is 2.83 bits per heavy atom. The Hall–Kier alpha value is -2.41. The molecule has 1 aromatic carbocycles.